The van der Waals surface area contributed by atoms with Gasteiger partial charge in [-0.05, 0) is 24.3 Å². The van der Waals surface area contributed by atoms with E-state index in [9.17, 15) is 9.59 Å². The maximum Gasteiger partial charge on any atom is 0.356 e. The molecule has 2 heterocycles. The van der Waals surface area contributed by atoms with Crippen molar-refractivity contribution in [1.82, 2.24) is 20.5 Å². The van der Waals surface area contributed by atoms with Gasteiger partial charge in [-0.3, -0.25) is 0 Å². The Labute approximate surface area is 113 Å². The quantitative estimate of drug-likeness (QED) is 0.761. The van der Waals surface area contributed by atoms with Crippen LogP contribution < -0.4 is 10.6 Å². The van der Waals surface area contributed by atoms with Crippen LogP contribution in [0.1, 0.15) is 16.2 Å². The molecule has 0 radical (unpaired) electrons. The first-order chi connectivity index (χ1) is 9.66. The summed E-state index contributed by atoms with van der Waals surface area (Å²) < 4.78 is 0. The first-order valence-corrected chi connectivity index (χ1v) is 5.66. The van der Waals surface area contributed by atoms with Crippen LogP contribution >= 0.6 is 0 Å². The van der Waals surface area contributed by atoms with Crippen molar-refractivity contribution in [2.24, 2.45) is 0 Å². The number of anilines is 1. The summed E-state index contributed by atoms with van der Waals surface area (Å²) >= 11 is 0. The Balaban J connectivity index is 1.97. The molecule has 0 fully saturated rings. The molecular weight excluding hydrogens is 262 g/mol. The average Bonchev–Trinajstić information content (AvgIpc) is 2.46. The van der Waals surface area contributed by atoms with Gasteiger partial charge in [-0.1, -0.05) is 0 Å². The number of hydrogen-bond donors (Lipinski definition) is 3. The highest BCUT2D eigenvalue weighted by molar-refractivity contribution is 5.98. The molecule has 8 nitrogen and oxygen atoms in total. The summed E-state index contributed by atoms with van der Waals surface area (Å²) in [7, 11) is 0. The number of nitrogens with zero attached hydrogens (tertiary/aromatic N) is 3. The van der Waals surface area contributed by atoms with E-state index >= 15 is 0 Å². The Bertz CT molecular complexity index is 617. The van der Waals surface area contributed by atoms with Gasteiger partial charge in [0.05, 0.1) is 17.9 Å². The van der Waals surface area contributed by atoms with Crippen LogP contribution in [-0.2, 0) is 6.54 Å². The standard InChI is InChI=1S/C12H11N5O3/c18-11(19)10-9(4-2-5-13-10)16-12(20)14-7-8-3-1-6-15-17-8/h1-6H,7H2,(H,18,19)(H2,14,16,20). The first-order valence-electron chi connectivity index (χ1n) is 5.66. The Morgan fingerprint density at radius 1 is 1.20 bits per heavy atom. The highest BCUT2D eigenvalue weighted by Gasteiger charge is 2.13. The molecule has 0 aliphatic carbocycles. The molecule has 0 saturated carbocycles. The minimum Gasteiger partial charge on any atom is -0.476 e. The van der Waals surface area contributed by atoms with Crippen molar-refractivity contribution in [3.05, 3.63) is 48.0 Å². The Kier molecular flexibility index (Phi) is 4.17. The number of hydrogen-bond acceptors (Lipinski definition) is 5. The summed E-state index contributed by atoms with van der Waals surface area (Å²) in [6, 6.07) is 5.85. The van der Waals surface area contributed by atoms with Crippen LogP contribution in [0, 0.1) is 0 Å². The SMILES string of the molecule is O=C(NCc1cccnn1)Nc1cccnc1C(=O)O. The monoisotopic (exact) mass is 273 g/mol. The van der Waals surface area contributed by atoms with Crippen LogP contribution in [0.25, 0.3) is 0 Å². The van der Waals surface area contributed by atoms with Gasteiger partial charge >= 0.3 is 12.0 Å². The third-order valence-electron chi connectivity index (χ3n) is 2.32. The number of carbonyl (C=O) groups is 2. The summed E-state index contributed by atoms with van der Waals surface area (Å²) in [6.07, 6.45) is 2.87. The van der Waals surface area contributed by atoms with E-state index in [1.54, 1.807) is 12.1 Å². The van der Waals surface area contributed by atoms with Crippen LogP contribution in [0.3, 0.4) is 0 Å². The molecule has 102 valence electrons. The molecule has 0 aliphatic heterocycles. The Morgan fingerprint density at radius 3 is 2.70 bits per heavy atom. The lowest BCUT2D eigenvalue weighted by molar-refractivity contribution is 0.0691. The number of nitrogens with one attached hydrogen (secondary N) is 2. The van der Waals surface area contributed by atoms with E-state index in [1.165, 1.54) is 24.5 Å². The molecule has 0 saturated heterocycles. The molecule has 0 aromatic carbocycles. The number of carboxylic acids is 1. The predicted octanol–water partition coefficient (Wildman–Crippen LogP) is 0.892. The molecule has 0 spiro atoms. The maximum atomic E-state index is 11.7. The zero-order chi connectivity index (χ0) is 14.4. The number of carbonyl (C=O) groups excluding carboxylic acids is 1. The van der Waals surface area contributed by atoms with Crippen LogP contribution in [-0.4, -0.2) is 32.3 Å². The van der Waals surface area contributed by atoms with Crippen molar-refractivity contribution >= 4 is 17.7 Å². The number of aromatic carboxylic acids is 1. The number of aromatic nitrogens is 3. The fourth-order valence-corrected chi connectivity index (χ4v) is 1.44. The lowest BCUT2D eigenvalue weighted by atomic mass is 10.3. The van der Waals surface area contributed by atoms with Crippen molar-refractivity contribution in [1.29, 1.82) is 0 Å². The number of urea groups is 1. The van der Waals surface area contributed by atoms with Crippen molar-refractivity contribution in [2.45, 2.75) is 6.54 Å². The fourth-order valence-electron chi connectivity index (χ4n) is 1.44. The van der Waals surface area contributed by atoms with Gasteiger partial charge in [0.1, 0.15) is 0 Å². The van der Waals surface area contributed by atoms with Crippen molar-refractivity contribution in [3.63, 3.8) is 0 Å². The molecule has 20 heavy (non-hydrogen) atoms. The van der Waals surface area contributed by atoms with Crippen LogP contribution in [0.5, 0.6) is 0 Å². The fraction of sp³-hybridized carbons (Fsp3) is 0.0833. The molecule has 0 unspecified atom stereocenters. The number of rotatable bonds is 4. The van der Waals surface area contributed by atoms with Gasteiger partial charge in [0, 0.05) is 12.4 Å². The normalized spacial score (nSPS) is 9.80. The summed E-state index contributed by atoms with van der Waals surface area (Å²) in [5.74, 6) is -1.21. The number of pyridine rings is 1. The minimum atomic E-state index is -1.21. The van der Waals surface area contributed by atoms with Gasteiger partial charge in [-0.2, -0.15) is 10.2 Å². The zero-order valence-corrected chi connectivity index (χ0v) is 10.3. The van der Waals surface area contributed by atoms with Gasteiger partial charge in [0.15, 0.2) is 5.69 Å². The van der Waals surface area contributed by atoms with Crippen molar-refractivity contribution in [2.75, 3.05) is 5.32 Å². The second-order valence-electron chi connectivity index (χ2n) is 3.73. The second-order valence-corrected chi connectivity index (χ2v) is 3.73. The topological polar surface area (TPSA) is 117 Å². The molecule has 8 heteroatoms. The third kappa shape index (κ3) is 3.48. The number of amides is 2. The van der Waals surface area contributed by atoms with E-state index in [4.69, 9.17) is 5.11 Å². The largest absolute Gasteiger partial charge is 0.476 e. The molecule has 0 atom stereocenters. The van der Waals surface area contributed by atoms with E-state index < -0.39 is 12.0 Å². The van der Waals surface area contributed by atoms with Crippen LogP contribution in [0.2, 0.25) is 0 Å². The molecule has 2 aromatic rings. The highest BCUT2D eigenvalue weighted by atomic mass is 16.4. The smallest absolute Gasteiger partial charge is 0.356 e. The van der Waals surface area contributed by atoms with E-state index in [0.717, 1.165) is 0 Å². The van der Waals surface area contributed by atoms with E-state index in [0.29, 0.717) is 5.69 Å². The van der Waals surface area contributed by atoms with Crippen molar-refractivity contribution in [3.8, 4) is 0 Å². The lowest BCUT2D eigenvalue weighted by Crippen LogP contribution is -2.29. The molecule has 2 aromatic heterocycles. The Hall–Kier alpha value is -3.03. The van der Waals surface area contributed by atoms with E-state index in [-0.39, 0.29) is 17.9 Å². The van der Waals surface area contributed by atoms with Gasteiger partial charge in [-0.25, -0.2) is 14.6 Å². The van der Waals surface area contributed by atoms with Crippen molar-refractivity contribution < 1.29 is 14.7 Å². The summed E-state index contributed by atoms with van der Waals surface area (Å²) in [5, 5.41) is 21.4. The highest BCUT2D eigenvalue weighted by Crippen LogP contribution is 2.11. The molecule has 3 N–H and O–H groups in total. The number of carboxylic acid groups (broad SMARTS) is 1. The van der Waals surface area contributed by atoms with E-state index in [2.05, 4.69) is 25.8 Å². The molecule has 0 bridgehead atoms. The Morgan fingerprint density at radius 2 is 2.00 bits per heavy atom. The second kappa shape index (κ2) is 6.23. The zero-order valence-electron chi connectivity index (χ0n) is 10.3. The first kappa shape index (κ1) is 13.4. The predicted molar refractivity (Wildman–Crippen MR) is 69.1 cm³/mol. The summed E-state index contributed by atoms with van der Waals surface area (Å²) in [5.41, 5.74) is 0.492. The van der Waals surface area contributed by atoms with Gasteiger partial charge < -0.3 is 15.7 Å². The van der Waals surface area contributed by atoms with Crippen LogP contribution in [0.4, 0.5) is 10.5 Å². The van der Waals surface area contributed by atoms with E-state index in [1.807, 2.05) is 0 Å². The van der Waals surface area contributed by atoms with Gasteiger partial charge in [-0.15, -0.1) is 0 Å². The van der Waals surface area contributed by atoms with Gasteiger partial charge in [0.25, 0.3) is 0 Å². The molecule has 2 rings (SSSR count). The molecule has 2 amide bonds. The molecule has 0 aliphatic rings. The average molecular weight is 273 g/mol. The third-order valence-corrected chi connectivity index (χ3v) is 2.32. The lowest BCUT2D eigenvalue weighted by Gasteiger charge is -2.08. The summed E-state index contributed by atoms with van der Waals surface area (Å²) in [4.78, 5) is 26.3. The molecular formula is C12H11N5O3. The van der Waals surface area contributed by atoms with Crippen LogP contribution in [0.15, 0.2) is 36.7 Å². The van der Waals surface area contributed by atoms with Gasteiger partial charge in [0.2, 0.25) is 0 Å². The maximum absolute atomic E-state index is 11.7. The minimum absolute atomic E-state index is 0.122. The summed E-state index contributed by atoms with van der Waals surface area (Å²) in [6.45, 7) is 0.183.